The molecule has 0 unspecified atom stereocenters. The summed E-state index contributed by atoms with van der Waals surface area (Å²) >= 11 is 0. The van der Waals surface area contributed by atoms with Crippen molar-refractivity contribution < 1.29 is 5.11 Å². The van der Waals surface area contributed by atoms with Gasteiger partial charge in [-0.2, -0.15) is 0 Å². The van der Waals surface area contributed by atoms with Gasteiger partial charge in [-0.05, 0) is 12.0 Å². The molecule has 0 aliphatic carbocycles. The molecule has 0 heterocycles. The molecule has 1 aromatic carbocycles. The molecule has 1 atom stereocenters. The molecule has 1 nitrogen and oxygen atoms in total. The van der Waals surface area contributed by atoms with E-state index in [0.29, 0.717) is 0 Å². The predicted octanol–water partition coefficient (Wildman–Crippen LogP) is 1.51. The third-order valence-corrected chi connectivity index (χ3v) is 2.04. The van der Waals surface area contributed by atoms with Crippen LogP contribution in [0, 0.1) is 0 Å². The summed E-state index contributed by atoms with van der Waals surface area (Å²) in [6, 6.07) is 8.00. The molecule has 1 radical (unpaired) electrons. The molecule has 2 heteroatoms. The van der Waals surface area contributed by atoms with Crippen molar-refractivity contribution in [1.29, 1.82) is 0 Å². The number of aliphatic hydroxyl groups excluding tert-OH is 1. The quantitative estimate of drug-likeness (QED) is 0.666. The highest BCUT2D eigenvalue weighted by molar-refractivity contribution is 6.51. The minimum Gasteiger partial charge on any atom is -0.388 e. The summed E-state index contributed by atoms with van der Waals surface area (Å²) in [5.74, 6) is 0. The van der Waals surface area contributed by atoms with E-state index < -0.39 is 0 Å². The summed E-state index contributed by atoms with van der Waals surface area (Å²) in [5, 5.41) is 9.48. The molecular formula is C10H14BO. The maximum Gasteiger partial charge on any atom is 0.148 e. The highest BCUT2D eigenvalue weighted by atomic mass is 16.3. The van der Waals surface area contributed by atoms with Gasteiger partial charge in [-0.25, -0.2) is 0 Å². The van der Waals surface area contributed by atoms with Crippen molar-refractivity contribution in [2.24, 2.45) is 0 Å². The second-order valence-electron chi connectivity index (χ2n) is 2.88. The van der Waals surface area contributed by atoms with Gasteiger partial charge in [0.25, 0.3) is 0 Å². The van der Waals surface area contributed by atoms with Gasteiger partial charge in [-0.1, -0.05) is 43.5 Å². The maximum absolute atomic E-state index is 9.48. The van der Waals surface area contributed by atoms with Crippen LogP contribution in [0.15, 0.2) is 24.3 Å². The molecule has 0 spiro atoms. The van der Waals surface area contributed by atoms with Gasteiger partial charge < -0.3 is 5.11 Å². The highest BCUT2D eigenvalue weighted by Gasteiger charge is 2.02. The van der Waals surface area contributed by atoms with Crippen molar-refractivity contribution in [2.45, 2.75) is 26.3 Å². The highest BCUT2D eigenvalue weighted by Crippen LogP contribution is 2.13. The van der Waals surface area contributed by atoms with Crippen molar-refractivity contribution in [2.75, 3.05) is 0 Å². The zero-order valence-corrected chi connectivity index (χ0v) is 7.62. The fourth-order valence-corrected chi connectivity index (χ4v) is 1.15. The first-order valence-corrected chi connectivity index (χ1v) is 4.35. The molecule has 0 aromatic heterocycles. The minimum absolute atomic E-state index is 0.309. The van der Waals surface area contributed by atoms with E-state index in [9.17, 15) is 5.11 Å². The normalized spacial score (nSPS) is 12.6. The number of hydrogen-bond acceptors (Lipinski definition) is 1. The lowest BCUT2D eigenvalue weighted by Crippen LogP contribution is -2.10. The Bertz CT molecular complexity index is 230. The first-order chi connectivity index (χ1) is 5.77. The lowest BCUT2D eigenvalue weighted by atomic mass is 9.73. The summed E-state index contributed by atoms with van der Waals surface area (Å²) in [6.07, 6.45) is 0.464. The summed E-state index contributed by atoms with van der Waals surface area (Å²) < 4.78 is 0. The van der Waals surface area contributed by atoms with Crippen LogP contribution < -0.4 is 5.46 Å². The molecule has 63 valence electrons. The molecule has 0 aliphatic heterocycles. The number of aliphatic hydroxyl groups is 1. The standard InChI is InChI=1S/C10H14BO/c1-3-10(12)8-4-6-9(11-2)7-5-8/h4-7,10,12H,3H2,1-2H3/t10-/m0/s1. The van der Waals surface area contributed by atoms with E-state index in [4.69, 9.17) is 0 Å². The van der Waals surface area contributed by atoms with Crippen LogP contribution in [-0.4, -0.2) is 12.4 Å². The Kier molecular flexibility index (Phi) is 3.36. The van der Waals surface area contributed by atoms with Crippen LogP contribution in [0.2, 0.25) is 6.82 Å². The van der Waals surface area contributed by atoms with Crippen LogP contribution in [0.4, 0.5) is 0 Å². The molecule has 0 saturated carbocycles. The Hall–Kier alpha value is -0.755. The Morgan fingerprint density at radius 1 is 1.33 bits per heavy atom. The van der Waals surface area contributed by atoms with Gasteiger partial charge in [0.15, 0.2) is 0 Å². The molecule has 0 aliphatic rings. The van der Waals surface area contributed by atoms with Crippen LogP contribution >= 0.6 is 0 Å². The minimum atomic E-state index is -0.309. The van der Waals surface area contributed by atoms with Gasteiger partial charge in [-0.15, -0.1) is 0 Å². The van der Waals surface area contributed by atoms with Crippen molar-refractivity contribution in [3.8, 4) is 0 Å². The third kappa shape index (κ3) is 2.11. The maximum atomic E-state index is 9.48. The Balaban J connectivity index is 2.77. The Labute approximate surface area is 74.7 Å². The number of benzene rings is 1. The fourth-order valence-electron chi connectivity index (χ4n) is 1.15. The van der Waals surface area contributed by atoms with Crippen molar-refractivity contribution in [1.82, 2.24) is 0 Å². The average molecular weight is 161 g/mol. The van der Waals surface area contributed by atoms with Gasteiger partial charge in [-0.3, -0.25) is 0 Å². The summed E-state index contributed by atoms with van der Waals surface area (Å²) in [5.41, 5.74) is 2.20. The van der Waals surface area contributed by atoms with E-state index in [0.717, 1.165) is 12.0 Å². The van der Waals surface area contributed by atoms with Gasteiger partial charge in [0.1, 0.15) is 7.28 Å². The van der Waals surface area contributed by atoms with Gasteiger partial charge in [0.05, 0.1) is 6.10 Å². The van der Waals surface area contributed by atoms with Gasteiger partial charge >= 0.3 is 0 Å². The fraction of sp³-hybridized carbons (Fsp3) is 0.400. The summed E-state index contributed by atoms with van der Waals surface area (Å²) in [6.45, 7) is 3.98. The van der Waals surface area contributed by atoms with Crippen molar-refractivity contribution in [3.63, 3.8) is 0 Å². The van der Waals surface area contributed by atoms with E-state index in [1.807, 2.05) is 45.3 Å². The zero-order valence-electron chi connectivity index (χ0n) is 7.62. The van der Waals surface area contributed by atoms with E-state index in [1.165, 1.54) is 5.46 Å². The molecule has 0 saturated heterocycles. The molecule has 12 heavy (non-hydrogen) atoms. The largest absolute Gasteiger partial charge is 0.388 e. The average Bonchev–Trinajstić information content (AvgIpc) is 2.17. The van der Waals surface area contributed by atoms with Gasteiger partial charge in [0.2, 0.25) is 0 Å². The molecular weight excluding hydrogens is 147 g/mol. The summed E-state index contributed by atoms with van der Waals surface area (Å²) in [4.78, 5) is 0. The predicted molar refractivity (Wildman–Crippen MR) is 52.9 cm³/mol. The lowest BCUT2D eigenvalue weighted by Gasteiger charge is -2.07. The van der Waals surface area contributed by atoms with Gasteiger partial charge in [0, 0.05) is 0 Å². The Morgan fingerprint density at radius 3 is 2.33 bits per heavy atom. The first kappa shape index (κ1) is 9.33. The lowest BCUT2D eigenvalue weighted by molar-refractivity contribution is 0.173. The smallest absolute Gasteiger partial charge is 0.148 e. The second kappa shape index (κ2) is 4.32. The van der Waals surface area contributed by atoms with Crippen LogP contribution in [0.3, 0.4) is 0 Å². The van der Waals surface area contributed by atoms with E-state index >= 15 is 0 Å². The van der Waals surface area contributed by atoms with E-state index in [1.54, 1.807) is 0 Å². The van der Waals surface area contributed by atoms with E-state index in [2.05, 4.69) is 0 Å². The van der Waals surface area contributed by atoms with Crippen LogP contribution in [0.5, 0.6) is 0 Å². The van der Waals surface area contributed by atoms with Crippen molar-refractivity contribution in [3.05, 3.63) is 29.8 Å². The zero-order chi connectivity index (χ0) is 8.97. The first-order valence-electron chi connectivity index (χ1n) is 4.35. The summed E-state index contributed by atoms with van der Waals surface area (Å²) in [7, 11) is 2.04. The Morgan fingerprint density at radius 2 is 1.92 bits per heavy atom. The topological polar surface area (TPSA) is 20.2 Å². The monoisotopic (exact) mass is 161 g/mol. The molecule has 1 N–H and O–H groups in total. The molecule has 0 bridgehead atoms. The third-order valence-electron chi connectivity index (χ3n) is 2.04. The molecule has 0 fully saturated rings. The van der Waals surface area contributed by atoms with Crippen molar-refractivity contribution >= 4 is 12.7 Å². The molecule has 0 amide bonds. The van der Waals surface area contributed by atoms with E-state index in [-0.39, 0.29) is 6.10 Å². The molecule has 1 rings (SSSR count). The van der Waals surface area contributed by atoms with Crippen LogP contribution in [0.1, 0.15) is 25.0 Å². The SMILES string of the molecule is C[B]c1ccc([C@@H](O)CC)cc1. The van der Waals surface area contributed by atoms with Crippen LogP contribution in [-0.2, 0) is 0 Å². The number of hydrogen-bond donors (Lipinski definition) is 1. The van der Waals surface area contributed by atoms with Crippen LogP contribution in [0.25, 0.3) is 0 Å². The number of rotatable bonds is 3. The molecule has 1 aromatic rings. The second-order valence-corrected chi connectivity index (χ2v) is 2.88.